The van der Waals surface area contributed by atoms with Crippen LogP contribution in [0.25, 0.3) is 6.08 Å². The van der Waals surface area contributed by atoms with Crippen LogP contribution in [-0.2, 0) is 11.3 Å². The second-order valence-electron chi connectivity index (χ2n) is 5.38. The van der Waals surface area contributed by atoms with E-state index < -0.39 is 0 Å². The Hall–Kier alpha value is -2.59. The van der Waals surface area contributed by atoms with Gasteiger partial charge in [-0.25, -0.2) is 5.43 Å². The Kier molecular flexibility index (Phi) is 5.94. The Balaban J connectivity index is 1.72. The van der Waals surface area contributed by atoms with Crippen LogP contribution >= 0.6 is 0 Å². The van der Waals surface area contributed by atoms with Crippen LogP contribution in [0.5, 0.6) is 5.75 Å². The van der Waals surface area contributed by atoms with E-state index in [1.54, 1.807) is 6.08 Å². The Bertz CT molecular complexity index is 678. The van der Waals surface area contributed by atoms with Gasteiger partial charge in [-0.3, -0.25) is 10.2 Å². The molecule has 0 radical (unpaired) electrons. The van der Waals surface area contributed by atoms with Crippen molar-refractivity contribution in [1.29, 1.82) is 0 Å². The molecule has 2 rings (SSSR count). The molecule has 2 aromatic carbocycles. The maximum absolute atomic E-state index is 11.7. The Morgan fingerprint density at radius 1 is 1.13 bits per heavy atom. The molecule has 0 fully saturated rings. The molecule has 1 amide bonds. The maximum Gasteiger partial charge on any atom is 0.271 e. The second-order valence-corrected chi connectivity index (χ2v) is 5.38. The molecule has 0 aliphatic heterocycles. The number of carbonyl (C=O) groups excluding carboxylic acids is 1. The summed E-state index contributed by atoms with van der Waals surface area (Å²) in [7, 11) is 0. The van der Waals surface area contributed by atoms with Gasteiger partial charge in [-0.1, -0.05) is 43.0 Å². The monoisotopic (exact) mass is 310 g/mol. The summed E-state index contributed by atoms with van der Waals surface area (Å²) in [5.41, 5.74) is 10.00. The molecule has 0 bridgehead atoms. The van der Waals surface area contributed by atoms with Crippen molar-refractivity contribution in [2.45, 2.75) is 20.4 Å². The van der Waals surface area contributed by atoms with E-state index in [-0.39, 0.29) is 12.5 Å². The van der Waals surface area contributed by atoms with Crippen LogP contribution in [0.2, 0.25) is 0 Å². The Labute approximate surface area is 137 Å². The van der Waals surface area contributed by atoms with E-state index in [9.17, 15) is 4.79 Å². The quantitative estimate of drug-likeness (QED) is 0.772. The molecular formula is C19H22N2O2. The molecule has 2 N–H and O–H groups in total. The first-order valence-corrected chi connectivity index (χ1v) is 7.51. The number of benzene rings is 2. The highest BCUT2D eigenvalue weighted by Crippen LogP contribution is 2.16. The van der Waals surface area contributed by atoms with Gasteiger partial charge in [0.25, 0.3) is 5.91 Å². The number of aryl methyl sites for hydroxylation is 2. The molecule has 120 valence electrons. The lowest BCUT2D eigenvalue weighted by Gasteiger charge is -2.10. The van der Waals surface area contributed by atoms with Gasteiger partial charge < -0.3 is 4.74 Å². The van der Waals surface area contributed by atoms with Gasteiger partial charge in [-0.2, -0.15) is 0 Å². The van der Waals surface area contributed by atoms with Crippen molar-refractivity contribution in [2.75, 3.05) is 6.61 Å². The lowest BCUT2D eigenvalue weighted by Crippen LogP contribution is -2.39. The first kappa shape index (κ1) is 16.8. The standard InChI is InChI=1S/C19H22N2O2/c1-4-16-6-8-17(9-7-16)12-20-21-19(22)13-23-18-10-5-14(2)15(3)11-18/h4-11,20H,1,12-13H2,2-3H3,(H,21,22). The fraction of sp³-hybridized carbons (Fsp3) is 0.211. The third-order valence-electron chi connectivity index (χ3n) is 3.58. The average Bonchev–Trinajstić information content (AvgIpc) is 2.56. The maximum atomic E-state index is 11.7. The van der Waals surface area contributed by atoms with Crippen molar-refractivity contribution < 1.29 is 9.53 Å². The molecule has 0 aliphatic rings. The molecule has 2 aromatic rings. The van der Waals surface area contributed by atoms with Crippen LogP contribution in [0.15, 0.2) is 49.0 Å². The van der Waals surface area contributed by atoms with Crippen molar-refractivity contribution >= 4 is 12.0 Å². The van der Waals surface area contributed by atoms with Crippen molar-refractivity contribution in [1.82, 2.24) is 10.9 Å². The molecule has 0 saturated carbocycles. The minimum absolute atomic E-state index is 0.0229. The van der Waals surface area contributed by atoms with E-state index in [2.05, 4.69) is 17.4 Å². The highest BCUT2D eigenvalue weighted by molar-refractivity contribution is 5.77. The van der Waals surface area contributed by atoms with E-state index in [0.717, 1.165) is 16.7 Å². The number of rotatable bonds is 7. The zero-order valence-electron chi connectivity index (χ0n) is 13.6. The largest absolute Gasteiger partial charge is 0.484 e. The summed E-state index contributed by atoms with van der Waals surface area (Å²) < 4.78 is 5.47. The van der Waals surface area contributed by atoms with Crippen molar-refractivity contribution in [2.24, 2.45) is 0 Å². The van der Waals surface area contributed by atoms with Crippen LogP contribution in [-0.4, -0.2) is 12.5 Å². The molecule has 4 nitrogen and oxygen atoms in total. The first-order valence-electron chi connectivity index (χ1n) is 7.51. The van der Waals surface area contributed by atoms with Crippen molar-refractivity contribution in [3.05, 3.63) is 71.3 Å². The molecule has 0 saturated heterocycles. The topological polar surface area (TPSA) is 50.4 Å². The molecule has 0 spiro atoms. The van der Waals surface area contributed by atoms with Crippen molar-refractivity contribution in [3.8, 4) is 5.75 Å². The van der Waals surface area contributed by atoms with Gasteiger partial charge in [0.2, 0.25) is 0 Å². The number of nitrogens with one attached hydrogen (secondary N) is 2. The molecule has 0 aliphatic carbocycles. The van der Waals surface area contributed by atoms with Gasteiger partial charge in [0.1, 0.15) is 5.75 Å². The lowest BCUT2D eigenvalue weighted by atomic mass is 10.1. The lowest BCUT2D eigenvalue weighted by molar-refractivity contribution is -0.124. The van der Waals surface area contributed by atoms with Crippen LogP contribution < -0.4 is 15.6 Å². The van der Waals surface area contributed by atoms with E-state index >= 15 is 0 Å². The molecule has 4 heteroatoms. The fourth-order valence-electron chi connectivity index (χ4n) is 2.01. The number of amides is 1. The van der Waals surface area contributed by atoms with Crippen LogP contribution in [0.3, 0.4) is 0 Å². The van der Waals surface area contributed by atoms with Crippen LogP contribution in [0.1, 0.15) is 22.3 Å². The normalized spacial score (nSPS) is 10.2. The van der Waals surface area contributed by atoms with Gasteiger partial charge in [-0.15, -0.1) is 0 Å². The minimum Gasteiger partial charge on any atom is -0.484 e. The highest BCUT2D eigenvalue weighted by atomic mass is 16.5. The van der Waals surface area contributed by atoms with Crippen molar-refractivity contribution in [3.63, 3.8) is 0 Å². The Morgan fingerprint density at radius 2 is 1.87 bits per heavy atom. The fourth-order valence-corrected chi connectivity index (χ4v) is 2.01. The number of carbonyl (C=O) groups is 1. The van der Waals surface area contributed by atoms with Gasteiger partial charge >= 0.3 is 0 Å². The third kappa shape index (κ3) is 5.27. The minimum atomic E-state index is -0.217. The second kappa shape index (κ2) is 8.15. The summed E-state index contributed by atoms with van der Waals surface area (Å²) in [5, 5.41) is 0. The molecule has 0 unspecified atom stereocenters. The molecule has 0 heterocycles. The number of hydrazine groups is 1. The van der Waals surface area contributed by atoms with E-state index in [1.807, 2.05) is 56.3 Å². The zero-order valence-corrected chi connectivity index (χ0v) is 13.6. The predicted molar refractivity (Wildman–Crippen MR) is 92.9 cm³/mol. The number of hydrogen-bond donors (Lipinski definition) is 2. The summed E-state index contributed by atoms with van der Waals surface area (Å²) in [5.74, 6) is 0.481. The number of hydrogen-bond acceptors (Lipinski definition) is 3. The predicted octanol–water partition coefficient (Wildman–Crippen LogP) is 3.15. The Morgan fingerprint density at radius 3 is 2.52 bits per heavy atom. The molecular weight excluding hydrogens is 288 g/mol. The highest BCUT2D eigenvalue weighted by Gasteiger charge is 2.03. The van der Waals surface area contributed by atoms with Gasteiger partial charge in [0.05, 0.1) is 0 Å². The molecule has 0 aromatic heterocycles. The van der Waals surface area contributed by atoms with Crippen LogP contribution in [0, 0.1) is 13.8 Å². The smallest absolute Gasteiger partial charge is 0.271 e. The first-order chi connectivity index (χ1) is 11.1. The molecule has 0 atom stereocenters. The molecule has 23 heavy (non-hydrogen) atoms. The average molecular weight is 310 g/mol. The van der Waals surface area contributed by atoms with Crippen LogP contribution in [0.4, 0.5) is 0 Å². The zero-order chi connectivity index (χ0) is 16.7. The van der Waals surface area contributed by atoms with E-state index in [0.29, 0.717) is 12.3 Å². The van der Waals surface area contributed by atoms with Gasteiger partial charge in [0.15, 0.2) is 6.61 Å². The number of ether oxygens (including phenoxy) is 1. The summed E-state index contributed by atoms with van der Waals surface area (Å²) in [6, 6.07) is 13.7. The summed E-state index contributed by atoms with van der Waals surface area (Å²) >= 11 is 0. The third-order valence-corrected chi connectivity index (χ3v) is 3.58. The summed E-state index contributed by atoms with van der Waals surface area (Å²) in [6.07, 6.45) is 1.79. The summed E-state index contributed by atoms with van der Waals surface area (Å²) in [6.45, 7) is 8.29. The van der Waals surface area contributed by atoms with Gasteiger partial charge in [-0.05, 0) is 48.2 Å². The SMILES string of the molecule is C=Cc1ccc(CNNC(=O)COc2ccc(C)c(C)c2)cc1. The van der Waals surface area contributed by atoms with E-state index in [1.165, 1.54) is 5.56 Å². The van der Waals surface area contributed by atoms with Gasteiger partial charge in [0, 0.05) is 6.54 Å². The van der Waals surface area contributed by atoms with E-state index in [4.69, 9.17) is 4.74 Å². The summed E-state index contributed by atoms with van der Waals surface area (Å²) in [4.78, 5) is 11.7.